The molecule has 3 N–H and O–H groups in total. The van der Waals surface area contributed by atoms with Gasteiger partial charge in [0.05, 0.1) is 22.0 Å². The molecule has 0 unspecified atom stereocenters. The fraction of sp³-hybridized carbons (Fsp3) is 0.0800. The first-order chi connectivity index (χ1) is 15.9. The number of benzene rings is 3. The maximum Gasteiger partial charge on any atom is 0.269 e. The van der Waals surface area contributed by atoms with Crippen LogP contribution >= 0.6 is 23.2 Å². The molecule has 8 heteroatoms. The van der Waals surface area contributed by atoms with Crippen LogP contribution in [0.1, 0.15) is 32.0 Å². The summed E-state index contributed by atoms with van der Waals surface area (Å²) < 4.78 is 1.71. The molecule has 0 saturated carbocycles. The number of halogens is 2. The predicted octanol–water partition coefficient (Wildman–Crippen LogP) is 5.30. The summed E-state index contributed by atoms with van der Waals surface area (Å²) in [7, 11) is 0. The summed E-state index contributed by atoms with van der Waals surface area (Å²) in [5.74, 6) is -0.883. The van der Waals surface area contributed by atoms with E-state index in [1.807, 2.05) is 30.3 Å². The molecule has 0 radical (unpaired) electrons. The Morgan fingerprint density at radius 1 is 0.970 bits per heavy atom. The Bertz CT molecular complexity index is 1410. The number of carbonyl (C=O) groups excluding carboxylic acids is 2. The molecule has 0 aliphatic heterocycles. The molecule has 0 saturated heterocycles. The van der Waals surface area contributed by atoms with Gasteiger partial charge in [0.25, 0.3) is 11.8 Å². The minimum absolute atomic E-state index is 0.246. The molecular weight excluding hydrogens is 459 g/mol. The lowest BCUT2D eigenvalue weighted by Gasteiger charge is -2.20. The van der Waals surface area contributed by atoms with E-state index < -0.39 is 5.91 Å². The number of nitrogens with one attached hydrogen (secondary N) is 1. The van der Waals surface area contributed by atoms with Crippen LogP contribution < -0.4 is 11.1 Å². The molecule has 1 aliphatic rings. The van der Waals surface area contributed by atoms with E-state index in [0.29, 0.717) is 27.7 Å². The summed E-state index contributed by atoms with van der Waals surface area (Å²) in [5.41, 5.74) is 11.2. The molecule has 0 fully saturated rings. The van der Waals surface area contributed by atoms with Gasteiger partial charge in [0.1, 0.15) is 0 Å². The van der Waals surface area contributed by atoms with Crippen LogP contribution in [0.4, 0.5) is 5.69 Å². The van der Waals surface area contributed by atoms with E-state index in [0.717, 1.165) is 34.5 Å². The third kappa shape index (κ3) is 3.88. The van der Waals surface area contributed by atoms with Gasteiger partial charge >= 0.3 is 0 Å². The Kier molecular flexibility index (Phi) is 5.40. The Morgan fingerprint density at radius 2 is 1.73 bits per heavy atom. The summed E-state index contributed by atoms with van der Waals surface area (Å²) in [6.45, 7) is 0. The van der Waals surface area contributed by atoms with Gasteiger partial charge in [0, 0.05) is 21.8 Å². The molecule has 1 heterocycles. The molecule has 6 nitrogen and oxygen atoms in total. The summed E-state index contributed by atoms with van der Waals surface area (Å²) in [6, 6.07) is 19.8. The molecule has 164 valence electrons. The van der Waals surface area contributed by atoms with Crippen LogP contribution in [-0.4, -0.2) is 21.6 Å². The minimum Gasteiger partial charge on any atom is -0.364 e. The minimum atomic E-state index is -0.578. The van der Waals surface area contributed by atoms with Gasteiger partial charge in [-0.05, 0) is 66.9 Å². The number of carbonyl (C=O) groups is 2. The highest BCUT2D eigenvalue weighted by Gasteiger charge is 2.28. The lowest BCUT2D eigenvalue weighted by Crippen LogP contribution is -2.15. The van der Waals surface area contributed by atoms with Crippen molar-refractivity contribution in [1.29, 1.82) is 0 Å². The molecular formula is C25H18Cl2N4O2. The molecule has 5 rings (SSSR count). The fourth-order valence-electron chi connectivity index (χ4n) is 4.13. The number of hydrogen-bond acceptors (Lipinski definition) is 3. The van der Waals surface area contributed by atoms with Crippen molar-refractivity contribution in [3.05, 3.63) is 99.2 Å². The Labute approximate surface area is 199 Å². The summed E-state index contributed by atoms with van der Waals surface area (Å²) in [6.07, 6.45) is 1.37. The SMILES string of the molecule is NC(=O)c1nn(-c2ccc(Cl)cc2)c2c1CCc1ccc(NC(=O)c3ccccc3Cl)cc1-2. The van der Waals surface area contributed by atoms with Gasteiger partial charge < -0.3 is 11.1 Å². The number of nitrogens with two attached hydrogens (primary N) is 1. The molecule has 0 bridgehead atoms. The number of anilines is 1. The van der Waals surface area contributed by atoms with E-state index in [1.54, 1.807) is 41.1 Å². The quantitative estimate of drug-likeness (QED) is 0.418. The van der Waals surface area contributed by atoms with Gasteiger partial charge in [-0.2, -0.15) is 5.10 Å². The standard InChI is InChI=1S/C25H18Cl2N4O2/c26-15-7-10-17(11-8-15)31-23-19(22(30-31)24(28)32)12-6-14-5-9-16(13-20(14)23)29-25(33)18-3-1-2-4-21(18)27/h1-5,7-11,13H,6,12H2,(H2,28,32)(H,29,33). The van der Waals surface area contributed by atoms with Crippen molar-refractivity contribution >= 4 is 40.7 Å². The van der Waals surface area contributed by atoms with Gasteiger partial charge in [0.15, 0.2) is 5.69 Å². The van der Waals surface area contributed by atoms with Crippen molar-refractivity contribution in [3.8, 4) is 16.9 Å². The lowest BCUT2D eigenvalue weighted by atomic mass is 9.88. The van der Waals surface area contributed by atoms with Crippen molar-refractivity contribution in [2.24, 2.45) is 5.73 Å². The number of aryl methyl sites for hydroxylation is 1. The largest absolute Gasteiger partial charge is 0.364 e. The van der Waals surface area contributed by atoms with Gasteiger partial charge in [-0.25, -0.2) is 4.68 Å². The number of primary amides is 1. The number of rotatable bonds is 4. The highest BCUT2D eigenvalue weighted by Crippen LogP contribution is 2.38. The second-order valence-electron chi connectivity index (χ2n) is 7.73. The summed E-state index contributed by atoms with van der Waals surface area (Å²) >= 11 is 12.2. The van der Waals surface area contributed by atoms with E-state index >= 15 is 0 Å². The van der Waals surface area contributed by atoms with Gasteiger partial charge in [-0.1, -0.05) is 41.4 Å². The van der Waals surface area contributed by atoms with Crippen LogP contribution in [0.2, 0.25) is 10.0 Å². The van der Waals surface area contributed by atoms with Crippen LogP contribution in [0.5, 0.6) is 0 Å². The van der Waals surface area contributed by atoms with E-state index in [4.69, 9.17) is 28.9 Å². The Hall–Kier alpha value is -3.61. The molecule has 3 aromatic carbocycles. The first-order valence-corrected chi connectivity index (χ1v) is 11.0. The maximum absolute atomic E-state index is 12.8. The highest BCUT2D eigenvalue weighted by molar-refractivity contribution is 6.34. The third-order valence-electron chi connectivity index (χ3n) is 5.67. The Morgan fingerprint density at radius 3 is 2.45 bits per heavy atom. The van der Waals surface area contributed by atoms with Gasteiger partial charge in [-0.15, -0.1) is 0 Å². The molecule has 33 heavy (non-hydrogen) atoms. The summed E-state index contributed by atoms with van der Waals surface area (Å²) in [4.78, 5) is 24.9. The number of nitrogens with zero attached hydrogens (tertiary/aromatic N) is 2. The van der Waals surface area contributed by atoms with Crippen LogP contribution in [0.25, 0.3) is 16.9 Å². The average molecular weight is 477 g/mol. The van der Waals surface area contributed by atoms with Crippen molar-refractivity contribution in [2.75, 3.05) is 5.32 Å². The van der Waals surface area contributed by atoms with Crippen molar-refractivity contribution in [2.45, 2.75) is 12.8 Å². The van der Waals surface area contributed by atoms with E-state index in [9.17, 15) is 9.59 Å². The molecule has 0 atom stereocenters. The second-order valence-corrected chi connectivity index (χ2v) is 8.58. The van der Waals surface area contributed by atoms with E-state index in [-0.39, 0.29) is 11.6 Å². The molecule has 0 spiro atoms. The predicted molar refractivity (Wildman–Crippen MR) is 129 cm³/mol. The van der Waals surface area contributed by atoms with Crippen molar-refractivity contribution < 1.29 is 9.59 Å². The highest BCUT2D eigenvalue weighted by atomic mass is 35.5. The van der Waals surface area contributed by atoms with Crippen LogP contribution in [0.15, 0.2) is 66.7 Å². The molecule has 1 aromatic heterocycles. The number of hydrogen-bond donors (Lipinski definition) is 2. The van der Waals surface area contributed by atoms with Crippen LogP contribution in [0.3, 0.4) is 0 Å². The van der Waals surface area contributed by atoms with Crippen molar-refractivity contribution in [1.82, 2.24) is 9.78 Å². The topological polar surface area (TPSA) is 90.0 Å². The zero-order chi connectivity index (χ0) is 23.1. The molecule has 4 aromatic rings. The normalized spacial score (nSPS) is 12.1. The smallest absolute Gasteiger partial charge is 0.269 e. The monoisotopic (exact) mass is 476 g/mol. The number of fused-ring (bicyclic) bond motifs is 3. The van der Waals surface area contributed by atoms with Crippen LogP contribution in [0, 0.1) is 0 Å². The summed E-state index contributed by atoms with van der Waals surface area (Å²) in [5, 5.41) is 8.42. The molecule has 2 amide bonds. The first-order valence-electron chi connectivity index (χ1n) is 10.3. The fourth-order valence-corrected chi connectivity index (χ4v) is 4.47. The number of aromatic nitrogens is 2. The van der Waals surface area contributed by atoms with E-state index in [2.05, 4.69) is 10.4 Å². The van der Waals surface area contributed by atoms with Gasteiger partial charge in [-0.3, -0.25) is 9.59 Å². The molecule has 1 aliphatic carbocycles. The second kappa shape index (κ2) is 8.39. The maximum atomic E-state index is 12.8. The van der Waals surface area contributed by atoms with E-state index in [1.165, 1.54) is 0 Å². The van der Waals surface area contributed by atoms with Crippen LogP contribution in [-0.2, 0) is 12.8 Å². The van der Waals surface area contributed by atoms with Gasteiger partial charge in [0.2, 0.25) is 0 Å². The lowest BCUT2D eigenvalue weighted by molar-refractivity contribution is 0.0992. The average Bonchev–Trinajstić information content (AvgIpc) is 3.20. The van der Waals surface area contributed by atoms with Crippen molar-refractivity contribution in [3.63, 3.8) is 0 Å². The third-order valence-corrected chi connectivity index (χ3v) is 6.26. The Balaban J connectivity index is 1.61. The zero-order valence-corrected chi connectivity index (χ0v) is 18.8. The zero-order valence-electron chi connectivity index (χ0n) is 17.3. The first kappa shape index (κ1) is 21.2. The number of amides is 2.